The molecule has 1 heterocycles. The number of benzene rings is 2. The Morgan fingerprint density at radius 1 is 1.07 bits per heavy atom. The largest absolute Gasteiger partial charge is 0.271 e. The Hall–Kier alpha value is -2.97. The Bertz CT molecular complexity index is 1080. The lowest BCUT2D eigenvalue weighted by Gasteiger charge is -2.25. The number of nitrogens with one attached hydrogen (secondary N) is 1. The number of aryl methyl sites for hydroxylation is 1. The molecule has 29 heavy (non-hydrogen) atoms. The third-order valence-electron chi connectivity index (χ3n) is 4.18. The van der Waals surface area contributed by atoms with E-state index >= 15 is 0 Å². The van der Waals surface area contributed by atoms with E-state index in [-0.39, 0.29) is 11.4 Å². The van der Waals surface area contributed by atoms with Crippen LogP contribution in [0.2, 0.25) is 0 Å². The number of carbonyl (C=O) groups excluding carboxylic acids is 1. The summed E-state index contributed by atoms with van der Waals surface area (Å²) in [6, 6.07) is 19.0. The maximum absolute atomic E-state index is 13.3. The van der Waals surface area contributed by atoms with Crippen molar-refractivity contribution in [2.75, 3.05) is 10.8 Å². The summed E-state index contributed by atoms with van der Waals surface area (Å²) in [6.45, 7) is 1.56. The molecule has 6 nitrogen and oxygen atoms in total. The number of anilines is 1. The van der Waals surface area contributed by atoms with Crippen LogP contribution in [-0.2, 0) is 21.2 Å². The number of para-hydroxylation sites is 1. The molecular formula is C21H21N3O3S2. The van der Waals surface area contributed by atoms with Crippen LogP contribution < -0.4 is 9.73 Å². The number of hydrazone groups is 1. The van der Waals surface area contributed by atoms with Crippen molar-refractivity contribution in [1.29, 1.82) is 0 Å². The molecule has 3 aromatic rings. The maximum atomic E-state index is 13.3. The minimum absolute atomic E-state index is 0.126. The van der Waals surface area contributed by atoms with Crippen molar-refractivity contribution in [3.05, 3.63) is 82.6 Å². The second-order valence-corrected chi connectivity index (χ2v) is 8.96. The first-order valence-corrected chi connectivity index (χ1v) is 11.4. The summed E-state index contributed by atoms with van der Waals surface area (Å²) in [5.41, 5.74) is 3.73. The topological polar surface area (TPSA) is 78.8 Å². The summed E-state index contributed by atoms with van der Waals surface area (Å²) in [5.74, 6) is -0.525. The van der Waals surface area contributed by atoms with Gasteiger partial charge in [-0.25, -0.2) is 13.8 Å². The number of amides is 1. The lowest BCUT2D eigenvalue weighted by atomic mass is 10.1. The van der Waals surface area contributed by atoms with Gasteiger partial charge in [0.15, 0.2) is 0 Å². The molecule has 1 N–H and O–H groups in total. The molecule has 0 spiro atoms. The smallest absolute Gasteiger partial charge is 0.264 e. The van der Waals surface area contributed by atoms with Gasteiger partial charge >= 0.3 is 0 Å². The van der Waals surface area contributed by atoms with E-state index in [1.807, 2.05) is 36.6 Å². The normalized spacial score (nSPS) is 11.5. The Morgan fingerprint density at radius 3 is 2.48 bits per heavy atom. The van der Waals surface area contributed by atoms with Crippen molar-refractivity contribution in [1.82, 2.24) is 5.43 Å². The van der Waals surface area contributed by atoms with Crippen molar-refractivity contribution in [2.45, 2.75) is 18.2 Å². The van der Waals surface area contributed by atoms with Gasteiger partial charge < -0.3 is 0 Å². The Morgan fingerprint density at radius 2 is 1.79 bits per heavy atom. The molecule has 0 aliphatic rings. The number of carbonyl (C=O) groups is 1. The molecule has 0 atom stereocenters. The highest BCUT2D eigenvalue weighted by Crippen LogP contribution is 2.27. The minimum atomic E-state index is -3.93. The monoisotopic (exact) mass is 427 g/mol. The molecule has 0 aliphatic carbocycles. The highest BCUT2D eigenvalue weighted by atomic mass is 32.2. The Balaban J connectivity index is 1.90. The molecule has 0 unspecified atom stereocenters. The van der Waals surface area contributed by atoms with Gasteiger partial charge in [0.25, 0.3) is 15.9 Å². The van der Waals surface area contributed by atoms with Gasteiger partial charge in [-0.15, -0.1) is 11.3 Å². The van der Waals surface area contributed by atoms with Crippen molar-refractivity contribution in [3.63, 3.8) is 0 Å². The Labute approximate surface area is 174 Å². The van der Waals surface area contributed by atoms with Crippen LogP contribution in [0.4, 0.5) is 5.69 Å². The van der Waals surface area contributed by atoms with Gasteiger partial charge in [0.2, 0.25) is 0 Å². The quantitative estimate of drug-likeness (QED) is 0.440. The molecule has 0 saturated carbocycles. The second-order valence-electron chi connectivity index (χ2n) is 6.12. The summed E-state index contributed by atoms with van der Waals surface area (Å²) < 4.78 is 27.7. The molecule has 3 rings (SSSR count). The number of hydrogen-bond donors (Lipinski definition) is 1. The van der Waals surface area contributed by atoms with E-state index in [4.69, 9.17) is 0 Å². The minimum Gasteiger partial charge on any atom is -0.271 e. The molecule has 1 aromatic heterocycles. The summed E-state index contributed by atoms with van der Waals surface area (Å²) in [7, 11) is -3.93. The fourth-order valence-electron chi connectivity index (χ4n) is 2.77. The average Bonchev–Trinajstić information content (AvgIpc) is 3.26. The zero-order chi connectivity index (χ0) is 20.7. The van der Waals surface area contributed by atoms with E-state index in [1.54, 1.807) is 30.3 Å². The number of hydrogen-bond acceptors (Lipinski definition) is 5. The van der Waals surface area contributed by atoms with Crippen LogP contribution in [0.15, 0.2) is 82.1 Å². The van der Waals surface area contributed by atoms with E-state index in [0.29, 0.717) is 12.1 Å². The third-order valence-corrected chi connectivity index (χ3v) is 6.76. The van der Waals surface area contributed by atoms with Crippen LogP contribution in [0.5, 0.6) is 0 Å². The fourth-order valence-corrected chi connectivity index (χ4v) is 4.84. The number of sulfonamides is 1. The van der Waals surface area contributed by atoms with Gasteiger partial charge in [0, 0.05) is 4.88 Å². The molecule has 0 bridgehead atoms. The van der Waals surface area contributed by atoms with Crippen molar-refractivity contribution in [2.24, 2.45) is 5.10 Å². The molecule has 0 radical (unpaired) electrons. The Kier molecular flexibility index (Phi) is 6.79. The van der Waals surface area contributed by atoms with E-state index in [1.165, 1.54) is 29.7 Å². The predicted molar refractivity (Wildman–Crippen MR) is 117 cm³/mol. The van der Waals surface area contributed by atoms with Gasteiger partial charge in [0.1, 0.15) is 6.54 Å². The standard InChI is InChI=1S/C21H21N3O3S2/c1-2-17-9-6-7-13-20(17)24(29(26,27)19-11-4-3-5-12-19)16-21(25)23-22-15-18-10-8-14-28-18/h3-15H,2,16H2,1H3,(H,23,25)/b22-15-. The van der Waals surface area contributed by atoms with Crippen LogP contribution in [0.3, 0.4) is 0 Å². The van der Waals surface area contributed by atoms with Crippen LogP contribution in [0, 0.1) is 0 Å². The summed E-state index contributed by atoms with van der Waals surface area (Å²) in [6.07, 6.45) is 2.16. The maximum Gasteiger partial charge on any atom is 0.264 e. The number of thiophene rings is 1. The van der Waals surface area contributed by atoms with E-state index in [2.05, 4.69) is 10.5 Å². The lowest BCUT2D eigenvalue weighted by molar-refractivity contribution is -0.119. The average molecular weight is 428 g/mol. The predicted octanol–water partition coefficient (Wildman–Crippen LogP) is 3.66. The zero-order valence-electron chi connectivity index (χ0n) is 15.9. The first-order valence-electron chi connectivity index (χ1n) is 9.03. The highest BCUT2D eigenvalue weighted by molar-refractivity contribution is 7.92. The molecule has 0 fully saturated rings. The van der Waals surface area contributed by atoms with Crippen LogP contribution in [-0.4, -0.2) is 27.1 Å². The molecule has 0 aliphatic heterocycles. The summed E-state index contributed by atoms with van der Waals surface area (Å²) in [4.78, 5) is 13.5. The van der Waals surface area contributed by atoms with Gasteiger partial charge in [-0.3, -0.25) is 9.10 Å². The van der Waals surface area contributed by atoms with Gasteiger partial charge in [-0.1, -0.05) is 49.4 Å². The molecular weight excluding hydrogens is 406 g/mol. The fraction of sp³-hybridized carbons (Fsp3) is 0.143. The van der Waals surface area contributed by atoms with E-state index in [0.717, 1.165) is 14.7 Å². The molecule has 8 heteroatoms. The third kappa shape index (κ3) is 5.10. The SMILES string of the molecule is CCc1ccccc1N(CC(=O)N/N=C\c1cccs1)S(=O)(=O)c1ccccc1. The van der Waals surface area contributed by atoms with Gasteiger partial charge in [0.05, 0.1) is 16.8 Å². The second kappa shape index (κ2) is 9.49. The summed E-state index contributed by atoms with van der Waals surface area (Å²) in [5, 5.41) is 5.82. The highest BCUT2D eigenvalue weighted by Gasteiger charge is 2.28. The first kappa shape index (κ1) is 20.8. The van der Waals surface area contributed by atoms with Crippen LogP contribution >= 0.6 is 11.3 Å². The molecule has 2 aromatic carbocycles. The first-order chi connectivity index (χ1) is 14.0. The van der Waals surface area contributed by atoms with Crippen molar-refractivity contribution in [3.8, 4) is 0 Å². The molecule has 0 saturated heterocycles. The van der Waals surface area contributed by atoms with E-state index in [9.17, 15) is 13.2 Å². The number of rotatable bonds is 8. The van der Waals surface area contributed by atoms with Crippen LogP contribution in [0.25, 0.3) is 0 Å². The van der Waals surface area contributed by atoms with Crippen LogP contribution in [0.1, 0.15) is 17.4 Å². The van der Waals surface area contributed by atoms with E-state index < -0.39 is 15.9 Å². The van der Waals surface area contributed by atoms with Crippen molar-refractivity contribution < 1.29 is 13.2 Å². The van der Waals surface area contributed by atoms with Gasteiger partial charge in [-0.2, -0.15) is 5.10 Å². The summed E-state index contributed by atoms with van der Waals surface area (Å²) >= 11 is 1.48. The number of nitrogens with zero attached hydrogens (tertiary/aromatic N) is 2. The lowest BCUT2D eigenvalue weighted by Crippen LogP contribution is -2.40. The molecule has 150 valence electrons. The van der Waals surface area contributed by atoms with Gasteiger partial charge in [-0.05, 0) is 41.6 Å². The zero-order valence-corrected chi connectivity index (χ0v) is 17.5. The molecule has 1 amide bonds. The van der Waals surface area contributed by atoms with Crippen molar-refractivity contribution >= 4 is 39.2 Å².